The van der Waals surface area contributed by atoms with Crippen LogP contribution in [-0.4, -0.2) is 21.2 Å². The molecule has 2 heterocycles. The molecule has 21 heavy (non-hydrogen) atoms. The van der Waals surface area contributed by atoms with Gasteiger partial charge in [-0.3, -0.25) is 9.69 Å². The van der Waals surface area contributed by atoms with Crippen molar-refractivity contribution in [1.82, 2.24) is 14.7 Å². The second kappa shape index (κ2) is 5.41. The van der Waals surface area contributed by atoms with E-state index in [4.69, 9.17) is 0 Å². The van der Waals surface area contributed by atoms with Crippen LogP contribution in [0.4, 0.5) is 4.39 Å². The van der Waals surface area contributed by atoms with E-state index in [0.29, 0.717) is 6.54 Å². The van der Waals surface area contributed by atoms with E-state index in [2.05, 4.69) is 16.9 Å². The fraction of sp³-hybridized carbons (Fsp3) is 0.375. The van der Waals surface area contributed by atoms with E-state index in [-0.39, 0.29) is 17.4 Å². The molecule has 2 aromatic rings. The minimum absolute atomic E-state index is 0.0787. The molecule has 1 aromatic carbocycles. The lowest BCUT2D eigenvalue weighted by atomic mass is 10.0. The van der Waals surface area contributed by atoms with Crippen molar-refractivity contribution in [2.45, 2.75) is 25.9 Å². The van der Waals surface area contributed by atoms with E-state index in [1.807, 2.05) is 12.1 Å². The molecule has 0 amide bonds. The largest absolute Gasteiger partial charge is 0.292 e. The van der Waals surface area contributed by atoms with Crippen molar-refractivity contribution >= 4 is 0 Å². The third-order valence-corrected chi connectivity index (χ3v) is 4.17. The Hall–Kier alpha value is -2.01. The van der Waals surface area contributed by atoms with E-state index in [1.54, 1.807) is 13.1 Å². The molecule has 1 aromatic heterocycles. The van der Waals surface area contributed by atoms with Crippen LogP contribution in [-0.2, 0) is 20.0 Å². The van der Waals surface area contributed by atoms with Crippen molar-refractivity contribution in [2.75, 3.05) is 6.54 Å². The number of fused-ring (bicyclic) bond motifs is 1. The van der Waals surface area contributed by atoms with Gasteiger partial charge in [-0.1, -0.05) is 12.1 Å². The quantitative estimate of drug-likeness (QED) is 0.848. The minimum atomic E-state index is -0.220. The highest BCUT2D eigenvalue weighted by Crippen LogP contribution is 2.26. The monoisotopic (exact) mass is 287 g/mol. The van der Waals surface area contributed by atoms with Crippen LogP contribution in [0.15, 0.2) is 35.1 Å². The topological polar surface area (TPSA) is 38.1 Å². The van der Waals surface area contributed by atoms with Gasteiger partial charge in [0.15, 0.2) is 0 Å². The van der Waals surface area contributed by atoms with Gasteiger partial charge in [0.05, 0.1) is 5.69 Å². The third-order valence-electron chi connectivity index (χ3n) is 4.17. The zero-order chi connectivity index (χ0) is 15.0. The number of hydrogen-bond donors (Lipinski definition) is 0. The van der Waals surface area contributed by atoms with Crippen LogP contribution in [0.2, 0.25) is 0 Å². The van der Waals surface area contributed by atoms with Gasteiger partial charge in [-0.15, -0.1) is 0 Å². The molecule has 0 spiro atoms. The first-order valence-electron chi connectivity index (χ1n) is 7.10. The van der Waals surface area contributed by atoms with Gasteiger partial charge in [-0.2, -0.15) is 5.10 Å². The average Bonchev–Trinajstić information content (AvgIpc) is 2.48. The highest BCUT2D eigenvalue weighted by Gasteiger charge is 2.23. The molecule has 1 aliphatic heterocycles. The Morgan fingerprint density at radius 3 is 2.71 bits per heavy atom. The molecular weight excluding hydrogens is 269 g/mol. The molecule has 0 fully saturated rings. The Morgan fingerprint density at radius 1 is 1.29 bits per heavy atom. The van der Waals surface area contributed by atoms with Gasteiger partial charge in [0.2, 0.25) is 0 Å². The zero-order valence-corrected chi connectivity index (χ0v) is 12.2. The molecule has 3 rings (SSSR count). The van der Waals surface area contributed by atoms with E-state index in [0.717, 1.165) is 29.8 Å². The van der Waals surface area contributed by atoms with E-state index < -0.39 is 0 Å². The molecular formula is C16H18FN3O. The van der Waals surface area contributed by atoms with Gasteiger partial charge in [0.1, 0.15) is 5.82 Å². The van der Waals surface area contributed by atoms with Crippen LogP contribution in [0.25, 0.3) is 0 Å². The molecule has 1 unspecified atom stereocenters. The van der Waals surface area contributed by atoms with Gasteiger partial charge in [-0.05, 0) is 30.2 Å². The Morgan fingerprint density at radius 2 is 2.00 bits per heavy atom. The normalized spacial score (nSPS) is 16.5. The van der Waals surface area contributed by atoms with Gasteiger partial charge in [0.25, 0.3) is 5.56 Å². The Balaban J connectivity index is 1.84. The number of nitrogens with zero attached hydrogens (tertiary/aromatic N) is 3. The highest BCUT2D eigenvalue weighted by molar-refractivity contribution is 5.24. The van der Waals surface area contributed by atoms with Crippen molar-refractivity contribution in [3.8, 4) is 0 Å². The molecule has 110 valence electrons. The molecule has 0 saturated carbocycles. The molecule has 0 aliphatic carbocycles. The van der Waals surface area contributed by atoms with Gasteiger partial charge in [-0.25, -0.2) is 9.07 Å². The second-order valence-corrected chi connectivity index (χ2v) is 5.53. The molecule has 0 radical (unpaired) electrons. The number of rotatable bonds is 2. The van der Waals surface area contributed by atoms with Crippen LogP contribution in [0.1, 0.15) is 29.8 Å². The first-order valence-corrected chi connectivity index (χ1v) is 7.10. The zero-order valence-electron chi connectivity index (χ0n) is 12.2. The predicted octanol–water partition coefficient (Wildman–Crippen LogP) is 2.04. The SMILES string of the molecule is CC(c1ccc(F)cc1)N1CCc2nn(C)c(=O)cc2C1. The number of aryl methyl sites for hydroxylation is 1. The number of benzene rings is 1. The summed E-state index contributed by atoms with van der Waals surface area (Å²) in [5.41, 5.74) is 3.00. The summed E-state index contributed by atoms with van der Waals surface area (Å²) in [6.45, 7) is 3.69. The fourth-order valence-electron chi connectivity index (χ4n) is 2.80. The average molecular weight is 287 g/mol. The lowest BCUT2D eigenvalue weighted by Crippen LogP contribution is -2.35. The van der Waals surface area contributed by atoms with Crippen LogP contribution in [0.5, 0.6) is 0 Å². The van der Waals surface area contributed by atoms with Gasteiger partial charge >= 0.3 is 0 Å². The van der Waals surface area contributed by atoms with E-state index >= 15 is 0 Å². The fourth-order valence-corrected chi connectivity index (χ4v) is 2.80. The Labute approximate surface area is 122 Å². The summed E-state index contributed by atoms with van der Waals surface area (Å²) < 4.78 is 14.4. The summed E-state index contributed by atoms with van der Waals surface area (Å²) in [6.07, 6.45) is 0.828. The third kappa shape index (κ3) is 2.74. The van der Waals surface area contributed by atoms with Gasteiger partial charge in [0, 0.05) is 38.7 Å². The van der Waals surface area contributed by atoms with Crippen molar-refractivity contribution in [3.05, 3.63) is 63.3 Å². The number of halogens is 1. The molecule has 1 atom stereocenters. The second-order valence-electron chi connectivity index (χ2n) is 5.53. The van der Waals surface area contributed by atoms with Crippen LogP contribution >= 0.6 is 0 Å². The van der Waals surface area contributed by atoms with Gasteiger partial charge < -0.3 is 0 Å². The van der Waals surface area contributed by atoms with Crippen molar-refractivity contribution in [2.24, 2.45) is 7.05 Å². The van der Waals surface area contributed by atoms with Crippen LogP contribution in [0, 0.1) is 5.82 Å². The summed E-state index contributed by atoms with van der Waals surface area (Å²) >= 11 is 0. The van der Waals surface area contributed by atoms with Crippen molar-refractivity contribution < 1.29 is 4.39 Å². The van der Waals surface area contributed by atoms with Crippen LogP contribution < -0.4 is 5.56 Å². The standard InChI is InChI=1S/C16H18FN3O/c1-11(12-3-5-14(17)6-4-12)20-8-7-15-13(10-20)9-16(21)19(2)18-15/h3-6,9,11H,7-8,10H2,1-2H3. The minimum Gasteiger partial charge on any atom is -0.292 e. The molecule has 4 nitrogen and oxygen atoms in total. The molecule has 5 heteroatoms. The van der Waals surface area contributed by atoms with Crippen molar-refractivity contribution in [3.63, 3.8) is 0 Å². The molecule has 0 N–H and O–H groups in total. The smallest absolute Gasteiger partial charge is 0.266 e. The maximum Gasteiger partial charge on any atom is 0.266 e. The molecule has 1 aliphatic rings. The predicted molar refractivity (Wildman–Crippen MR) is 78.4 cm³/mol. The lowest BCUT2D eigenvalue weighted by molar-refractivity contribution is 0.189. The summed E-state index contributed by atoms with van der Waals surface area (Å²) in [5.74, 6) is -0.220. The molecule has 0 saturated heterocycles. The first kappa shape index (κ1) is 13.9. The number of aromatic nitrogens is 2. The lowest BCUT2D eigenvalue weighted by Gasteiger charge is -2.33. The van der Waals surface area contributed by atoms with E-state index in [1.165, 1.54) is 16.8 Å². The maximum absolute atomic E-state index is 13.0. The summed E-state index contributed by atoms with van der Waals surface area (Å²) in [7, 11) is 1.68. The maximum atomic E-state index is 13.0. The number of hydrogen-bond acceptors (Lipinski definition) is 3. The summed E-state index contributed by atoms with van der Waals surface area (Å²) in [6, 6.07) is 8.46. The summed E-state index contributed by atoms with van der Waals surface area (Å²) in [5, 5.41) is 4.32. The van der Waals surface area contributed by atoms with Crippen LogP contribution in [0.3, 0.4) is 0 Å². The Kier molecular flexibility index (Phi) is 3.59. The molecule has 0 bridgehead atoms. The highest BCUT2D eigenvalue weighted by atomic mass is 19.1. The van der Waals surface area contributed by atoms with E-state index in [9.17, 15) is 9.18 Å². The first-order chi connectivity index (χ1) is 10.0. The van der Waals surface area contributed by atoms with Crippen molar-refractivity contribution in [1.29, 1.82) is 0 Å². The summed E-state index contributed by atoms with van der Waals surface area (Å²) in [4.78, 5) is 14.0. The Bertz CT molecular complexity index is 708.